The summed E-state index contributed by atoms with van der Waals surface area (Å²) < 4.78 is 1.29. The molecule has 15 heavy (non-hydrogen) atoms. The van der Waals surface area contributed by atoms with Crippen molar-refractivity contribution in [1.82, 2.24) is 4.90 Å². The van der Waals surface area contributed by atoms with Crippen molar-refractivity contribution in [2.24, 2.45) is 0 Å². The van der Waals surface area contributed by atoms with Gasteiger partial charge in [0.2, 0.25) is 0 Å². The molecule has 1 nitrogen and oxygen atoms in total. The molecule has 0 unspecified atom stereocenters. The van der Waals surface area contributed by atoms with E-state index in [0.29, 0.717) is 0 Å². The summed E-state index contributed by atoms with van der Waals surface area (Å²) in [5.74, 6) is 0. The number of rotatable bonds is 5. The molecule has 3 heteroatoms. The number of likely N-dealkylation sites (N-methyl/N-ethyl adjacent to an activating group) is 1. The van der Waals surface area contributed by atoms with Crippen LogP contribution in [-0.4, -0.2) is 38.1 Å². The molecular formula is C12H16ClNSe. The zero-order chi connectivity index (χ0) is 11.3. The van der Waals surface area contributed by atoms with Gasteiger partial charge in [0.15, 0.2) is 0 Å². The van der Waals surface area contributed by atoms with E-state index in [-0.39, 0.29) is 0 Å². The van der Waals surface area contributed by atoms with Gasteiger partial charge >= 0.3 is 105 Å². The molecular weight excluding hydrogens is 273 g/mol. The van der Waals surface area contributed by atoms with Gasteiger partial charge in [-0.05, 0) is 0 Å². The molecule has 0 aromatic heterocycles. The van der Waals surface area contributed by atoms with Crippen LogP contribution in [0.1, 0.15) is 19.4 Å². The summed E-state index contributed by atoms with van der Waals surface area (Å²) in [5, 5.41) is 0.795. The second kappa shape index (κ2) is 6.32. The SMILES string of the molecule is CCN(CC)C(=[Se])Cc1ccc(Cl)cc1. The first-order valence-corrected chi connectivity index (χ1v) is 6.43. The van der Waals surface area contributed by atoms with Gasteiger partial charge in [-0.2, -0.15) is 0 Å². The summed E-state index contributed by atoms with van der Waals surface area (Å²) in [5.41, 5.74) is 1.29. The van der Waals surface area contributed by atoms with Gasteiger partial charge in [-0.3, -0.25) is 0 Å². The Morgan fingerprint density at radius 2 is 1.73 bits per heavy atom. The van der Waals surface area contributed by atoms with E-state index >= 15 is 0 Å². The Hall–Kier alpha value is -0.301. The standard InChI is InChI=1S/C12H16ClNSe/c1-3-14(4-2)12(15)9-10-5-7-11(13)8-6-10/h5-8H,3-4,9H2,1-2H3. The average Bonchev–Trinajstić information content (AvgIpc) is 2.23. The van der Waals surface area contributed by atoms with Crippen molar-refractivity contribution < 1.29 is 0 Å². The number of hydrogen-bond acceptors (Lipinski definition) is 1. The van der Waals surface area contributed by atoms with Crippen LogP contribution in [0.5, 0.6) is 0 Å². The number of benzene rings is 1. The van der Waals surface area contributed by atoms with Crippen molar-refractivity contribution in [2.75, 3.05) is 13.1 Å². The molecule has 0 saturated carbocycles. The molecule has 0 fully saturated rings. The second-order valence-electron chi connectivity index (χ2n) is 3.37. The molecule has 0 aliphatic rings. The maximum atomic E-state index is 5.84. The second-order valence-corrected chi connectivity index (χ2v) is 4.79. The molecule has 0 N–H and O–H groups in total. The Morgan fingerprint density at radius 3 is 2.20 bits per heavy atom. The number of hydrogen-bond donors (Lipinski definition) is 0. The Morgan fingerprint density at radius 1 is 1.20 bits per heavy atom. The summed E-state index contributed by atoms with van der Waals surface area (Å²) in [6.45, 7) is 6.43. The molecule has 0 heterocycles. The van der Waals surface area contributed by atoms with Crippen LogP contribution >= 0.6 is 11.6 Å². The van der Waals surface area contributed by atoms with E-state index in [0.717, 1.165) is 24.5 Å². The van der Waals surface area contributed by atoms with Crippen molar-refractivity contribution in [3.63, 3.8) is 0 Å². The molecule has 0 radical (unpaired) electrons. The zero-order valence-corrected chi connectivity index (χ0v) is 11.6. The first-order chi connectivity index (χ1) is 7.17. The van der Waals surface area contributed by atoms with Crippen molar-refractivity contribution >= 4 is 31.7 Å². The molecule has 0 amide bonds. The predicted molar refractivity (Wildman–Crippen MR) is 68.8 cm³/mol. The molecule has 0 atom stereocenters. The van der Waals surface area contributed by atoms with Crippen LogP contribution in [0.2, 0.25) is 5.02 Å². The topological polar surface area (TPSA) is 3.24 Å². The van der Waals surface area contributed by atoms with Gasteiger partial charge in [-0.15, -0.1) is 0 Å². The van der Waals surface area contributed by atoms with Crippen LogP contribution < -0.4 is 0 Å². The van der Waals surface area contributed by atoms with Gasteiger partial charge in [0, 0.05) is 0 Å². The average molecular weight is 289 g/mol. The van der Waals surface area contributed by atoms with Gasteiger partial charge in [0.25, 0.3) is 0 Å². The van der Waals surface area contributed by atoms with Crippen LogP contribution in [0.4, 0.5) is 0 Å². The Kier molecular flexibility index (Phi) is 5.38. The normalized spacial score (nSPS) is 10.1. The van der Waals surface area contributed by atoms with E-state index in [1.807, 2.05) is 12.1 Å². The monoisotopic (exact) mass is 289 g/mol. The Bertz CT molecular complexity index is 317. The Balaban J connectivity index is 2.61. The van der Waals surface area contributed by atoms with E-state index < -0.39 is 0 Å². The molecule has 0 aliphatic heterocycles. The summed E-state index contributed by atoms with van der Waals surface area (Å²) in [6.07, 6.45) is 0.957. The van der Waals surface area contributed by atoms with Crippen LogP contribution in [0, 0.1) is 0 Å². The fraction of sp³-hybridized carbons (Fsp3) is 0.417. The number of nitrogens with zero attached hydrogens (tertiary/aromatic N) is 1. The van der Waals surface area contributed by atoms with Crippen molar-refractivity contribution in [3.05, 3.63) is 34.9 Å². The quantitative estimate of drug-likeness (QED) is 0.753. The number of halogens is 1. The molecule has 0 aliphatic carbocycles. The van der Waals surface area contributed by atoms with Crippen LogP contribution in [0.25, 0.3) is 0 Å². The first kappa shape index (κ1) is 12.8. The van der Waals surface area contributed by atoms with E-state index in [1.165, 1.54) is 10.1 Å². The molecule has 1 rings (SSSR count). The summed E-state index contributed by atoms with van der Waals surface area (Å²) in [4.78, 5) is 2.33. The van der Waals surface area contributed by atoms with Crippen molar-refractivity contribution in [1.29, 1.82) is 0 Å². The van der Waals surface area contributed by atoms with E-state index in [9.17, 15) is 0 Å². The van der Waals surface area contributed by atoms with Crippen molar-refractivity contribution in [3.8, 4) is 0 Å². The van der Waals surface area contributed by atoms with Gasteiger partial charge in [-0.1, -0.05) is 0 Å². The molecule has 82 valence electrons. The predicted octanol–water partition coefficient (Wildman–Crippen LogP) is 2.52. The Labute approximate surface area is 105 Å². The fourth-order valence-corrected chi connectivity index (χ4v) is 2.48. The van der Waals surface area contributed by atoms with Gasteiger partial charge in [-0.25, -0.2) is 0 Å². The molecule has 0 saturated heterocycles. The third kappa shape index (κ3) is 3.98. The minimum absolute atomic E-state index is 0.795. The minimum atomic E-state index is 0.795. The van der Waals surface area contributed by atoms with Gasteiger partial charge in [0.1, 0.15) is 0 Å². The zero-order valence-electron chi connectivity index (χ0n) is 9.16. The third-order valence-electron chi connectivity index (χ3n) is 2.38. The summed E-state index contributed by atoms with van der Waals surface area (Å²) in [6, 6.07) is 8.02. The van der Waals surface area contributed by atoms with Crippen LogP contribution in [0.15, 0.2) is 24.3 Å². The van der Waals surface area contributed by atoms with E-state index in [2.05, 4.69) is 46.5 Å². The summed E-state index contributed by atoms with van der Waals surface area (Å²) >= 11 is 8.99. The van der Waals surface area contributed by atoms with Crippen LogP contribution in [0.3, 0.4) is 0 Å². The third-order valence-corrected chi connectivity index (χ3v) is 3.48. The van der Waals surface area contributed by atoms with E-state index in [1.54, 1.807) is 0 Å². The molecule has 1 aromatic rings. The first-order valence-electron chi connectivity index (χ1n) is 5.19. The molecule has 1 aromatic carbocycles. The fourth-order valence-electron chi connectivity index (χ4n) is 1.46. The molecule has 0 bridgehead atoms. The maximum absolute atomic E-state index is 5.84. The summed E-state index contributed by atoms with van der Waals surface area (Å²) in [7, 11) is 0. The van der Waals surface area contributed by atoms with Gasteiger partial charge < -0.3 is 0 Å². The van der Waals surface area contributed by atoms with E-state index in [4.69, 9.17) is 11.6 Å². The molecule has 0 spiro atoms. The van der Waals surface area contributed by atoms with Crippen molar-refractivity contribution in [2.45, 2.75) is 20.3 Å². The van der Waals surface area contributed by atoms with Crippen LogP contribution in [-0.2, 0) is 6.42 Å². The van der Waals surface area contributed by atoms with Gasteiger partial charge in [0.05, 0.1) is 0 Å².